The number of carbonyl (C=O) groups is 1. The maximum atomic E-state index is 12.9. The highest BCUT2D eigenvalue weighted by Crippen LogP contribution is 2.31. The lowest BCUT2D eigenvalue weighted by Gasteiger charge is -2.09. The fraction of sp³-hybridized carbons (Fsp3) is 0.273. The molecule has 0 saturated carbocycles. The number of hydrogen-bond donors (Lipinski definition) is 2. The van der Waals surface area contributed by atoms with Crippen LogP contribution in [0.1, 0.15) is 10.4 Å². The molecule has 29 heavy (non-hydrogen) atoms. The second kappa shape index (κ2) is 10.4. The predicted molar refractivity (Wildman–Crippen MR) is 113 cm³/mol. The van der Waals surface area contributed by atoms with Gasteiger partial charge in [-0.3, -0.25) is 4.79 Å². The second-order valence-corrected chi connectivity index (χ2v) is 6.37. The van der Waals surface area contributed by atoms with Crippen molar-refractivity contribution < 1.29 is 14.3 Å². The first kappa shape index (κ1) is 20.6. The van der Waals surface area contributed by atoms with E-state index < -0.39 is 0 Å². The molecule has 0 fully saturated rings. The lowest BCUT2D eigenvalue weighted by Crippen LogP contribution is -2.33. The van der Waals surface area contributed by atoms with Gasteiger partial charge in [0.1, 0.15) is 11.4 Å². The fourth-order valence-electron chi connectivity index (χ4n) is 2.95. The zero-order valence-corrected chi connectivity index (χ0v) is 16.7. The highest BCUT2D eigenvalue weighted by molar-refractivity contribution is 6.00. The second-order valence-electron chi connectivity index (χ2n) is 6.37. The molecule has 1 heterocycles. The first-order chi connectivity index (χ1) is 14.2. The van der Waals surface area contributed by atoms with Gasteiger partial charge in [-0.15, -0.1) is 0 Å². The van der Waals surface area contributed by atoms with Crippen molar-refractivity contribution in [3.8, 4) is 22.7 Å². The summed E-state index contributed by atoms with van der Waals surface area (Å²) < 4.78 is 12.2. The number of aromatic nitrogens is 2. The molecule has 0 spiro atoms. The number of rotatable bonds is 10. The molecule has 3 rings (SSSR count). The van der Waals surface area contributed by atoms with Crippen molar-refractivity contribution in [2.24, 2.45) is 0 Å². The van der Waals surface area contributed by atoms with Gasteiger partial charge in [-0.25, -0.2) is 4.68 Å². The van der Waals surface area contributed by atoms with Crippen LogP contribution >= 0.6 is 0 Å². The summed E-state index contributed by atoms with van der Waals surface area (Å²) in [7, 11) is 3.27. The molecule has 0 radical (unpaired) electrons. The number of benzene rings is 2. The molecular formula is C22H26N4O3. The molecule has 7 heteroatoms. The standard InChI is InChI=1S/C22H26N4O3/c1-28-15-14-23-12-13-24-22(27)19-16-26(17-8-4-3-5-9-17)25-21(19)18-10-6-7-11-20(18)29-2/h3-11,16,23H,12-15H2,1-2H3,(H,24,27). The fourth-order valence-corrected chi connectivity index (χ4v) is 2.95. The van der Waals surface area contributed by atoms with Gasteiger partial charge in [0.2, 0.25) is 0 Å². The van der Waals surface area contributed by atoms with E-state index in [1.165, 1.54) is 0 Å². The van der Waals surface area contributed by atoms with Crippen LogP contribution in [0.5, 0.6) is 5.75 Å². The molecule has 1 aromatic heterocycles. The molecule has 0 aliphatic heterocycles. The monoisotopic (exact) mass is 394 g/mol. The van der Waals surface area contributed by atoms with Gasteiger partial charge in [-0.05, 0) is 24.3 Å². The summed E-state index contributed by atoms with van der Waals surface area (Å²) in [5, 5.41) is 10.9. The van der Waals surface area contributed by atoms with Crippen LogP contribution in [0.25, 0.3) is 16.9 Å². The minimum absolute atomic E-state index is 0.179. The van der Waals surface area contributed by atoms with Crippen molar-refractivity contribution in [3.05, 3.63) is 66.4 Å². The van der Waals surface area contributed by atoms with Gasteiger partial charge in [0.15, 0.2) is 0 Å². The van der Waals surface area contributed by atoms with Crippen LogP contribution in [0, 0.1) is 0 Å². The number of carbonyl (C=O) groups excluding carboxylic acids is 1. The van der Waals surface area contributed by atoms with Gasteiger partial charge in [-0.1, -0.05) is 30.3 Å². The molecule has 0 aliphatic carbocycles. The van der Waals surface area contributed by atoms with E-state index in [0.717, 1.165) is 17.8 Å². The Morgan fingerprint density at radius 2 is 1.76 bits per heavy atom. The van der Waals surface area contributed by atoms with E-state index >= 15 is 0 Å². The highest BCUT2D eigenvalue weighted by atomic mass is 16.5. The molecule has 1 amide bonds. The Kier molecular flexibility index (Phi) is 7.38. The molecule has 0 atom stereocenters. The number of nitrogens with one attached hydrogen (secondary N) is 2. The quantitative estimate of drug-likeness (QED) is 0.517. The Balaban J connectivity index is 1.86. The number of nitrogens with zero attached hydrogens (tertiary/aromatic N) is 2. The lowest BCUT2D eigenvalue weighted by atomic mass is 10.1. The van der Waals surface area contributed by atoms with Crippen molar-refractivity contribution in [2.75, 3.05) is 40.5 Å². The Morgan fingerprint density at radius 3 is 2.52 bits per heavy atom. The summed E-state index contributed by atoms with van der Waals surface area (Å²) in [6, 6.07) is 17.3. The van der Waals surface area contributed by atoms with Gasteiger partial charge in [0, 0.05) is 38.5 Å². The van der Waals surface area contributed by atoms with Crippen LogP contribution in [-0.4, -0.2) is 56.1 Å². The minimum atomic E-state index is -0.179. The third-order valence-electron chi connectivity index (χ3n) is 4.41. The van der Waals surface area contributed by atoms with Gasteiger partial charge in [0.05, 0.1) is 25.0 Å². The van der Waals surface area contributed by atoms with Crippen molar-refractivity contribution in [3.63, 3.8) is 0 Å². The first-order valence-electron chi connectivity index (χ1n) is 9.51. The van der Waals surface area contributed by atoms with E-state index in [2.05, 4.69) is 10.6 Å². The lowest BCUT2D eigenvalue weighted by molar-refractivity contribution is 0.0954. The molecule has 2 aromatic carbocycles. The number of hydrogen-bond acceptors (Lipinski definition) is 5. The predicted octanol–water partition coefficient (Wildman–Crippen LogP) is 2.51. The van der Waals surface area contributed by atoms with E-state index in [-0.39, 0.29) is 5.91 Å². The van der Waals surface area contributed by atoms with E-state index in [1.807, 2.05) is 54.6 Å². The zero-order chi connectivity index (χ0) is 20.5. The summed E-state index contributed by atoms with van der Waals surface area (Å²) in [6.45, 7) is 2.54. The number of para-hydroxylation sites is 2. The van der Waals surface area contributed by atoms with Crippen molar-refractivity contribution in [1.29, 1.82) is 0 Å². The van der Waals surface area contributed by atoms with E-state index in [1.54, 1.807) is 25.1 Å². The Hall–Kier alpha value is -3.16. The van der Waals surface area contributed by atoms with Gasteiger partial charge >= 0.3 is 0 Å². The summed E-state index contributed by atoms with van der Waals surface area (Å²) in [5.41, 5.74) is 2.73. The van der Waals surface area contributed by atoms with Crippen LogP contribution in [0.3, 0.4) is 0 Å². The van der Waals surface area contributed by atoms with E-state index in [4.69, 9.17) is 14.6 Å². The number of ether oxygens (including phenoxy) is 2. The van der Waals surface area contributed by atoms with E-state index in [9.17, 15) is 4.79 Å². The van der Waals surface area contributed by atoms with E-state index in [0.29, 0.717) is 36.7 Å². The topological polar surface area (TPSA) is 77.4 Å². The number of methoxy groups -OCH3 is 2. The van der Waals surface area contributed by atoms with Crippen molar-refractivity contribution in [1.82, 2.24) is 20.4 Å². The van der Waals surface area contributed by atoms with Crippen molar-refractivity contribution >= 4 is 5.91 Å². The largest absolute Gasteiger partial charge is 0.496 e. The zero-order valence-electron chi connectivity index (χ0n) is 16.7. The molecule has 0 bridgehead atoms. The Bertz CT molecular complexity index is 925. The van der Waals surface area contributed by atoms with Crippen LogP contribution in [0.15, 0.2) is 60.8 Å². The average molecular weight is 394 g/mol. The van der Waals surface area contributed by atoms with Gasteiger partial charge in [0.25, 0.3) is 5.91 Å². The Labute approximate surface area is 170 Å². The summed E-state index contributed by atoms with van der Waals surface area (Å²) in [6.07, 6.45) is 1.75. The van der Waals surface area contributed by atoms with Crippen LogP contribution in [0.2, 0.25) is 0 Å². The van der Waals surface area contributed by atoms with Crippen LogP contribution in [0.4, 0.5) is 0 Å². The third-order valence-corrected chi connectivity index (χ3v) is 4.41. The number of amides is 1. The SMILES string of the molecule is COCCNCCNC(=O)c1cn(-c2ccccc2)nc1-c1ccccc1OC. The Morgan fingerprint density at radius 1 is 1.00 bits per heavy atom. The van der Waals surface area contributed by atoms with Gasteiger partial charge < -0.3 is 20.1 Å². The van der Waals surface area contributed by atoms with Gasteiger partial charge in [-0.2, -0.15) is 5.10 Å². The maximum Gasteiger partial charge on any atom is 0.255 e. The molecule has 0 saturated heterocycles. The summed E-state index contributed by atoms with van der Waals surface area (Å²) in [5.74, 6) is 0.489. The minimum Gasteiger partial charge on any atom is -0.496 e. The molecule has 0 aliphatic rings. The average Bonchev–Trinajstić information content (AvgIpc) is 3.22. The molecule has 152 valence electrons. The summed E-state index contributed by atoms with van der Waals surface area (Å²) in [4.78, 5) is 12.9. The first-order valence-corrected chi connectivity index (χ1v) is 9.51. The smallest absolute Gasteiger partial charge is 0.255 e. The highest BCUT2D eigenvalue weighted by Gasteiger charge is 2.20. The molecule has 3 aromatic rings. The van der Waals surface area contributed by atoms with Crippen LogP contribution < -0.4 is 15.4 Å². The third kappa shape index (κ3) is 5.22. The maximum absolute atomic E-state index is 12.9. The molecule has 2 N–H and O–H groups in total. The molecule has 7 nitrogen and oxygen atoms in total. The molecular weight excluding hydrogens is 368 g/mol. The van der Waals surface area contributed by atoms with Crippen molar-refractivity contribution in [2.45, 2.75) is 0 Å². The normalized spacial score (nSPS) is 10.7. The van der Waals surface area contributed by atoms with Crippen LogP contribution in [-0.2, 0) is 4.74 Å². The summed E-state index contributed by atoms with van der Waals surface area (Å²) >= 11 is 0. The molecule has 0 unspecified atom stereocenters.